The standard InChI is InChI=1S/C24H41BN2O3P/c1-5-28-31(29-6-2,26-24-20(3)14-13-15-21(24)4)30-25-27(22-16-9-7-10-17-22)23-18-11-8-12-19-23/h13-15,22-23H,5-12,16-19H2,1-4H3. The van der Waals surface area contributed by atoms with E-state index >= 15 is 0 Å². The molecule has 3 rings (SSSR count). The molecule has 0 N–H and O–H groups in total. The molecule has 0 saturated heterocycles. The minimum atomic E-state index is -2.90. The van der Waals surface area contributed by atoms with Crippen LogP contribution in [0.25, 0.3) is 0 Å². The Kier molecular flexibility index (Phi) is 10.1. The van der Waals surface area contributed by atoms with E-state index in [0.717, 1.165) is 16.8 Å². The topological polar surface area (TPSA) is 43.3 Å². The van der Waals surface area contributed by atoms with Crippen molar-refractivity contribution in [1.29, 1.82) is 0 Å². The second kappa shape index (κ2) is 12.6. The fourth-order valence-electron chi connectivity index (χ4n) is 4.93. The number of hydrogen-bond acceptors (Lipinski definition) is 5. The molecule has 1 radical (unpaired) electrons. The summed E-state index contributed by atoms with van der Waals surface area (Å²) in [6.07, 6.45) is 12.9. The van der Waals surface area contributed by atoms with Crippen LogP contribution in [0.2, 0.25) is 0 Å². The Morgan fingerprint density at radius 1 is 0.871 bits per heavy atom. The molecule has 31 heavy (non-hydrogen) atoms. The van der Waals surface area contributed by atoms with Crippen molar-refractivity contribution in [2.45, 2.75) is 104 Å². The van der Waals surface area contributed by atoms with Crippen LogP contribution in [0.1, 0.15) is 89.2 Å². The van der Waals surface area contributed by atoms with Gasteiger partial charge in [-0.25, -0.2) is 0 Å². The lowest BCUT2D eigenvalue weighted by Gasteiger charge is -2.41. The smallest absolute Gasteiger partial charge is 0.349 e. The Morgan fingerprint density at radius 3 is 1.81 bits per heavy atom. The molecule has 5 nitrogen and oxygen atoms in total. The normalized spacial score (nSPS) is 19.0. The second-order valence-corrected chi connectivity index (χ2v) is 10.8. The molecule has 0 atom stereocenters. The predicted molar refractivity (Wildman–Crippen MR) is 131 cm³/mol. The van der Waals surface area contributed by atoms with E-state index in [2.05, 4.69) is 36.9 Å². The average molecular weight is 447 g/mol. The summed E-state index contributed by atoms with van der Waals surface area (Å²) in [4.78, 5) is 2.52. The number of aryl methyl sites for hydroxylation is 2. The SMILES string of the molecule is CCOP(=Nc1c(C)cccc1C)(O[B]N(C1CCCCC1)C1CCCCC1)OCC. The predicted octanol–water partition coefficient (Wildman–Crippen LogP) is 7.47. The fourth-order valence-corrected chi connectivity index (χ4v) is 6.73. The molecule has 173 valence electrons. The maximum absolute atomic E-state index is 6.49. The van der Waals surface area contributed by atoms with E-state index in [0.29, 0.717) is 25.3 Å². The van der Waals surface area contributed by atoms with Crippen molar-refractivity contribution in [3.05, 3.63) is 29.3 Å². The zero-order valence-electron chi connectivity index (χ0n) is 20.0. The third-order valence-corrected chi connectivity index (χ3v) is 8.52. The summed E-state index contributed by atoms with van der Waals surface area (Å²) in [7, 11) is -0.940. The molecule has 2 aliphatic carbocycles. The summed E-state index contributed by atoms with van der Waals surface area (Å²) in [6.45, 7) is 9.14. The zero-order valence-corrected chi connectivity index (χ0v) is 20.9. The van der Waals surface area contributed by atoms with E-state index in [1.165, 1.54) is 64.2 Å². The van der Waals surface area contributed by atoms with E-state index in [1.807, 2.05) is 21.5 Å². The number of benzene rings is 1. The summed E-state index contributed by atoms with van der Waals surface area (Å²) in [5, 5.41) is 0. The molecule has 0 aromatic heterocycles. The first kappa shape index (κ1) is 25.0. The van der Waals surface area contributed by atoms with Crippen LogP contribution < -0.4 is 0 Å². The van der Waals surface area contributed by atoms with Gasteiger partial charge in [-0.1, -0.05) is 56.7 Å². The molecule has 1 aromatic rings. The third kappa shape index (κ3) is 6.92. The van der Waals surface area contributed by atoms with Crippen LogP contribution in [0.15, 0.2) is 22.9 Å². The lowest BCUT2D eigenvalue weighted by Crippen LogP contribution is -2.48. The zero-order chi connectivity index (χ0) is 22.1. The van der Waals surface area contributed by atoms with Crippen molar-refractivity contribution >= 4 is 21.0 Å². The van der Waals surface area contributed by atoms with Crippen LogP contribution in [-0.2, 0) is 13.5 Å². The van der Waals surface area contributed by atoms with Gasteiger partial charge in [0.2, 0.25) is 0 Å². The van der Waals surface area contributed by atoms with Gasteiger partial charge in [-0.2, -0.15) is 4.74 Å². The number of nitrogens with zero attached hydrogens (tertiary/aromatic N) is 2. The van der Waals surface area contributed by atoms with Crippen molar-refractivity contribution < 1.29 is 13.5 Å². The molecule has 2 saturated carbocycles. The van der Waals surface area contributed by atoms with Gasteiger partial charge in [0.1, 0.15) is 0 Å². The first-order valence-electron chi connectivity index (χ1n) is 12.4. The molecule has 0 bridgehead atoms. The minimum absolute atomic E-state index is 0.503. The summed E-state index contributed by atoms with van der Waals surface area (Å²) >= 11 is 0. The lowest BCUT2D eigenvalue weighted by molar-refractivity contribution is 0.147. The van der Waals surface area contributed by atoms with Gasteiger partial charge in [0.25, 0.3) is 0 Å². The second-order valence-electron chi connectivity index (χ2n) is 8.89. The van der Waals surface area contributed by atoms with E-state index in [4.69, 9.17) is 18.2 Å². The summed E-state index contributed by atoms with van der Waals surface area (Å²) < 4.78 is 23.8. The Bertz CT molecular complexity index is 685. The van der Waals surface area contributed by atoms with Crippen LogP contribution >= 0.6 is 7.74 Å². The molecule has 7 heteroatoms. The van der Waals surface area contributed by atoms with Crippen molar-refractivity contribution in [2.24, 2.45) is 4.74 Å². The lowest BCUT2D eigenvalue weighted by atomic mass is 9.85. The third-order valence-electron chi connectivity index (χ3n) is 6.54. The first-order valence-corrected chi connectivity index (χ1v) is 13.8. The molecule has 0 aliphatic heterocycles. The monoisotopic (exact) mass is 447 g/mol. The van der Waals surface area contributed by atoms with Gasteiger partial charge in [-0.15, -0.1) is 0 Å². The molecule has 0 heterocycles. The number of rotatable bonds is 10. The minimum Gasteiger partial charge on any atom is -0.349 e. The Balaban J connectivity index is 1.88. The van der Waals surface area contributed by atoms with Gasteiger partial charge >= 0.3 is 15.4 Å². The van der Waals surface area contributed by atoms with Gasteiger partial charge in [0, 0.05) is 12.1 Å². The van der Waals surface area contributed by atoms with Crippen LogP contribution in [0, 0.1) is 13.8 Å². The quantitative estimate of drug-likeness (QED) is 0.276. The van der Waals surface area contributed by atoms with Gasteiger partial charge in [-0.3, -0.25) is 0 Å². The van der Waals surface area contributed by atoms with Crippen LogP contribution in [0.4, 0.5) is 5.69 Å². The van der Waals surface area contributed by atoms with Crippen LogP contribution in [-0.4, -0.2) is 37.7 Å². The van der Waals surface area contributed by atoms with E-state index < -0.39 is 7.74 Å². The van der Waals surface area contributed by atoms with Gasteiger partial charge < -0.3 is 18.3 Å². The maximum Gasteiger partial charge on any atom is 0.408 e. The fraction of sp³-hybridized carbons (Fsp3) is 0.750. The Labute approximate surface area is 190 Å². The molecule has 1 aromatic carbocycles. The Morgan fingerprint density at radius 2 is 1.35 bits per heavy atom. The van der Waals surface area contributed by atoms with Crippen molar-refractivity contribution in [3.8, 4) is 0 Å². The van der Waals surface area contributed by atoms with E-state index in [-0.39, 0.29) is 0 Å². The first-order chi connectivity index (χ1) is 15.1. The van der Waals surface area contributed by atoms with Gasteiger partial charge in [-0.05, 0) is 64.5 Å². The molecule has 2 aliphatic rings. The summed E-state index contributed by atoms with van der Waals surface area (Å²) in [6, 6.07) is 7.34. The molecular formula is C24H41BN2O3P. The van der Waals surface area contributed by atoms with Crippen LogP contribution in [0.3, 0.4) is 0 Å². The summed E-state index contributed by atoms with van der Waals surface area (Å²) in [5.41, 5.74) is 3.15. The average Bonchev–Trinajstić information content (AvgIpc) is 2.78. The van der Waals surface area contributed by atoms with E-state index in [9.17, 15) is 0 Å². The molecular weight excluding hydrogens is 406 g/mol. The van der Waals surface area contributed by atoms with Crippen molar-refractivity contribution in [3.63, 3.8) is 0 Å². The highest BCUT2D eigenvalue weighted by molar-refractivity contribution is 7.52. The molecule has 0 unspecified atom stereocenters. The highest BCUT2D eigenvalue weighted by atomic mass is 31.2. The van der Waals surface area contributed by atoms with Crippen LogP contribution in [0.5, 0.6) is 0 Å². The van der Waals surface area contributed by atoms with E-state index in [1.54, 1.807) is 0 Å². The molecule has 2 fully saturated rings. The van der Waals surface area contributed by atoms with Crippen molar-refractivity contribution in [2.75, 3.05) is 13.2 Å². The Hall–Kier alpha value is -0.645. The van der Waals surface area contributed by atoms with Crippen molar-refractivity contribution in [1.82, 2.24) is 4.81 Å². The highest BCUT2D eigenvalue weighted by Crippen LogP contribution is 2.56. The molecule has 0 amide bonds. The number of hydrogen-bond donors (Lipinski definition) is 0. The van der Waals surface area contributed by atoms with Gasteiger partial charge in [0.15, 0.2) is 0 Å². The van der Waals surface area contributed by atoms with Gasteiger partial charge in [0.05, 0.1) is 18.9 Å². The summed E-state index contributed by atoms with van der Waals surface area (Å²) in [5.74, 6) is 0. The highest BCUT2D eigenvalue weighted by Gasteiger charge is 2.34. The maximum atomic E-state index is 6.49. The largest absolute Gasteiger partial charge is 0.408 e. The molecule has 0 spiro atoms.